The van der Waals surface area contributed by atoms with Gasteiger partial charge in [-0.15, -0.1) is 0 Å². The Balaban J connectivity index is 2.32. The number of ether oxygens (including phenoxy) is 2. The summed E-state index contributed by atoms with van der Waals surface area (Å²) in [5.41, 5.74) is 2.39. The normalized spacial score (nSPS) is 11.4. The second-order valence-corrected chi connectivity index (χ2v) is 3.85. The molecular formula is C12H23N3O2. The topological polar surface area (TPSA) is 48.3 Å². The van der Waals surface area contributed by atoms with Gasteiger partial charge in [0.2, 0.25) is 0 Å². The van der Waals surface area contributed by atoms with Gasteiger partial charge in [-0.3, -0.25) is 4.68 Å². The average molecular weight is 241 g/mol. The largest absolute Gasteiger partial charge is 0.352 e. The first-order valence-corrected chi connectivity index (χ1v) is 6.10. The highest BCUT2D eigenvalue weighted by atomic mass is 16.7. The predicted molar refractivity (Wildman–Crippen MR) is 66.7 cm³/mol. The molecule has 0 spiro atoms. The van der Waals surface area contributed by atoms with Crippen LogP contribution >= 0.6 is 0 Å². The van der Waals surface area contributed by atoms with E-state index in [4.69, 9.17) is 9.47 Å². The zero-order valence-corrected chi connectivity index (χ0v) is 11.2. The summed E-state index contributed by atoms with van der Waals surface area (Å²) in [5.74, 6) is 0. The quantitative estimate of drug-likeness (QED) is 0.695. The van der Waals surface area contributed by atoms with Crippen LogP contribution in [-0.2, 0) is 23.1 Å². The molecule has 98 valence electrons. The molecule has 0 saturated heterocycles. The Morgan fingerprint density at radius 1 is 1.35 bits per heavy atom. The fraction of sp³-hybridized carbons (Fsp3) is 0.750. The van der Waals surface area contributed by atoms with Crippen molar-refractivity contribution < 1.29 is 9.47 Å². The van der Waals surface area contributed by atoms with Gasteiger partial charge in [-0.05, 0) is 20.8 Å². The Labute approximate surface area is 103 Å². The fourth-order valence-corrected chi connectivity index (χ4v) is 1.58. The van der Waals surface area contributed by atoms with Crippen LogP contribution in [-0.4, -0.2) is 35.8 Å². The lowest BCUT2D eigenvalue weighted by Crippen LogP contribution is -2.31. The highest BCUT2D eigenvalue weighted by Gasteiger charge is 2.08. The molecule has 1 heterocycles. The lowest BCUT2D eigenvalue weighted by atomic mass is 10.2. The van der Waals surface area contributed by atoms with Crippen molar-refractivity contribution >= 4 is 0 Å². The van der Waals surface area contributed by atoms with Gasteiger partial charge >= 0.3 is 0 Å². The van der Waals surface area contributed by atoms with Crippen molar-refractivity contribution in [1.82, 2.24) is 15.1 Å². The molecule has 1 aromatic rings. The van der Waals surface area contributed by atoms with Crippen molar-refractivity contribution in [3.63, 3.8) is 0 Å². The molecular weight excluding hydrogens is 218 g/mol. The van der Waals surface area contributed by atoms with Crippen molar-refractivity contribution in [1.29, 1.82) is 0 Å². The minimum atomic E-state index is -0.165. The van der Waals surface area contributed by atoms with Crippen LogP contribution in [0.3, 0.4) is 0 Å². The summed E-state index contributed by atoms with van der Waals surface area (Å²) in [7, 11) is 1.95. The van der Waals surface area contributed by atoms with Gasteiger partial charge in [0, 0.05) is 44.6 Å². The van der Waals surface area contributed by atoms with Crippen LogP contribution in [0.4, 0.5) is 0 Å². The van der Waals surface area contributed by atoms with Crippen LogP contribution in [0.25, 0.3) is 0 Å². The standard InChI is InChI=1S/C12H23N3O2/c1-5-16-12(17-6-2)9-13-7-11-8-14-15(4)10(11)3/h8,12-13H,5-7,9H2,1-4H3. The number of nitrogens with zero attached hydrogens (tertiary/aromatic N) is 2. The SMILES string of the molecule is CCOC(CNCc1cnn(C)c1C)OCC. The molecule has 0 aliphatic rings. The molecule has 0 bridgehead atoms. The molecule has 0 amide bonds. The molecule has 17 heavy (non-hydrogen) atoms. The maximum absolute atomic E-state index is 5.45. The van der Waals surface area contributed by atoms with Gasteiger partial charge in [-0.25, -0.2) is 0 Å². The highest BCUT2D eigenvalue weighted by Crippen LogP contribution is 2.04. The summed E-state index contributed by atoms with van der Waals surface area (Å²) in [6.07, 6.45) is 1.72. The fourth-order valence-electron chi connectivity index (χ4n) is 1.58. The van der Waals surface area contributed by atoms with Crippen molar-refractivity contribution in [2.75, 3.05) is 19.8 Å². The number of rotatable bonds is 8. The van der Waals surface area contributed by atoms with E-state index in [1.165, 1.54) is 11.3 Å². The Morgan fingerprint density at radius 3 is 2.47 bits per heavy atom. The van der Waals surface area contributed by atoms with E-state index in [-0.39, 0.29) is 6.29 Å². The van der Waals surface area contributed by atoms with Crippen LogP contribution in [0.1, 0.15) is 25.1 Å². The van der Waals surface area contributed by atoms with E-state index in [1.54, 1.807) is 0 Å². The van der Waals surface area contributed by atoms with E-state index in [0.717, 1.165) is 6.54 Å². The third-order valence-electron chi connectivity index (χ3n) is 2.67. The summed E-state index contributed by atoms with van der Waals surface area (Å²) in [6, 6.07) is 0. The summed E-state index contributed by atoms with van der Waals surface area (Å²) in [5, 5.41) is 7.52. The van der Waals surface area contributed by atoms with Crippen molar-refractivity contribution in [3.05, 3.63) is 17.5 Å². The number of hydrogen-bond acceptors (Lipinski definition) is 4. The van der Waals surface area contributed by atoms with Crippen LogP contribution in [0, 0.1) is 6.92 Å². The molecule has 0 saturated carbocycles. The predicted octanol–water partition coefficient (Wildman–Crippen LogP) is 1.22. The van der Waals surface area contributed by atoms with Crippen molar-refractivity contribution in [2.24, 2.45) is 7.05 Å². The molecule has 0 aliphatic heterocycles. The first kappa shape index (κ1) is 14.2. The van der Waals surface area contributed by atoms with E-state index < -0.39 is 0 Å². The van der Waals surface area contributed by atoms with Gasteiger partial charge < -0.3 is 14.8 Å². The average Bonchev–Trinajstić information content (AvgIpc) is 2.61. The Bertz CT molecular complexity index is 320. The monoisotopic (exact) mass is 241 g/mol. The number of hydrogen-bond donors (Lipinski definition) is 1. The molecule has 1 N–H and O–H groups in total. The molecule has 0 unspecified atom stereocenters. The summed E-state index contributed by atoms with van der Waals surface area (Å²) >= 11 is 0. The van der Waals surface area contributed by atoms with Crippen LogP contribution < -0.4 is 5.32 Å². The molecule has 0 fully saturated rings. The smallest absolute Gasteiger partial charge is 0.169 e. The lowest BCUT2D eigenvalue weighted by molar-refractivity contribution is -0.133. The second-order valence-electron chi connectivity index (χ2n) is 3.85. The molecule has 1 rings (SSSR count). The third kappa shape index (κ3) is 4.46. The molecule has 0 radical (unpaired) electrons. The van der Waals surface area contributed by atoms with E-state index in [0.29, 0.717) is 19.8 Å². The lowest BCUT2D eigenvalue weighted by Gasteiger charge is -2.17. The Kier molecular flexibility index (Phi) is 6.18. The molecule has 0 aromatic carbocycles. The first-order valence-electron chi connectivity index (χ1n) is 6.10. The van der Waals surface area contributed by atoms with Crippen LogP contribution in [0.5, 0.6) is 0 Å². The van der Waals surface area contributed by atoms with Gasteiger partial charge in [0.1, 0.15) is 0 Å². The Morgan fingerprint density at radius 2 is 2.00 bits per heavy atom. The molecule has 1 aromatic heterocycles. The van der Waals surface area contributed by atoms with Gasteiger partial charge in [0.25, 0.3) is 0 Å². The number of aromatic nitrogens is 2. The minimum Gasteiger partial charge on any atom is -0.352 e. The zero-order chi connectivity index (χ0) is 12.7. The summed E-state index contributed by atoms with van der Waals surface area (Å²) in [6.45, 7) is 8.81. The van der Waals surface area contributed by atoms with Gasteiger partial charge in [0.05, 0.1) is 6.20 Å². The number of aryl methyl sites for hydroxylation is 1. The second kappa shape index (κ2) is 7.42. The minimum absolute atomic E-state index is 0.165. The van der Waals surface area contributed by atoms with Gasteiger partial charge in [-0.2, -0.15) is 5.10 Å². The number of nitrogens with one attached hydrogen (secondary N) is 1. The van der Waals surface area contributed by atoms with Gasteiger partial charge in [-0.1, -0.05) is 0 Å². The van der Waals surface area contributed by atoms with Crippen LogP contribution in [0.2, 0.25) is 0 Å². The highest BCUT2D eigenvalue weighted by molar-refractivity contribution is 5.15. The Hall–Kier alpha value is -0.910. The first-order chi connectivity index (χ1) is 8.19. The summed E-state index contributed by atoms with van der Waals surface area (Å²) in [4.78, 5) is 0. The van der Waals surface area contributed by atoms with Gasteiger partial charge in [0.15, 0.2) is 6.29 Å². The van der Waals surface area contributed by atoms with E-state index in [1.807, 2.05) is 31.8 Å². The molecule has 0 atom stereocenters. The van der Waals surface area contributed by atoms with Crippen LogP contribution in [0.15, 0.2) is 6.20 Å². The van der Waals surface area contributed by atoms with E-state index >= 15 is 0 Å². The zero-order valence-electron chi connectivity index (χ0n) is 11.2. The van der Waals surface area contributed by atoms with Crippen molar-refractivity contribution in [2.45, 2.75) is 33.6 Å². The van der Waals surface area contributed by atoms with E-state index in [9.17, 15) is 0 Å². The maximum Gasteiger partial charge on any atom is 0.169 e. The van der Waals surface area contributed by atoms with Crippen molar-refractivity contribution in [3.8, 4) is 0 Å². The van der Waals surface area contributed by atoms with E-state index in [2.05, 4.69) is 17.3 Å². The molecule has 5 nitrogen and oxygen atoms in total. The molecule has 0 aliphatic carbocycles. The third-order valence-corrected chi connectivity index (χ3v) is 2.67. The maximum atomic E-state index is 5.45. The summed E-state index contributed by atoms with van der Waals surface area (Å²) < 4.78 is 12.8. The molecule has 5 heteroatoms.